The van der Waals surface area contributed by atoms with E-state index in [0.29, 0.717) is 51.4 Å². The van der Waals surface area contributed by atoms with Gasteiger partial charge in [0.2, 0.25) is 0 Å². The van der Waals surface area contributed by atoms with Crippen molar-refractivity contribution in [3.05, 3.63) is 65.2 Å². The number of methoxy groups -OCH3 is 1. The molecule has 10 heteroatoms. The van der Waals surface area contributed by atoms with E-state index >= 15 is 0 Å². The lowest BCUT2D eigenvalue weighted by atomic mass is 9.86. The number of esters is 1. The van der Waals surface area contributed by atoms with Crippen molar-refractivity contribution in [3.8, 4) is 0 Å². The van der Waals surface area contributed by atoms with Crippen molar-refractivity contribution in [2.45, 2.75) is 38.0 Å². The summed E-state index contributed by atoms with van der Waals surface area (Å²) in [5.41, 5.74) is -0.0604. The highest BCUT2D eigenvalue weighted by atomic mass is 19.4. The van der Waals surface area contributed by atoms with Gasteiger partial charge in [-0.3, -0.25) is 14.6 Å². The van der Waals surface area contributed by atoms with Gasteiger partial charge in [0.1, 0.15) is 11.6 Å². The Kier molecular flexibility index (Phi) is 8.69. The Morgan fingerprint density at radius 2 is 1.68 bits per heavy atom. The highest BCUT2D eigenvalue weighted by Gasteiger charge is 2.36. The van der Waals surface area contributed by atoms with Crippen molar-refractivity contribution in [1.29, 1.82) is 0 Å². The molecule has 2 heterocycles. The first-order valence-electron chi connectivity index (χ1n) is 12.5. The zero-order valence-corrected chi connectivity index (χ0v) is 20.8. The molecule has 2 fully saturated rings. The normalized spacial score (nSPS) is 21.7. The van der Waals surface area contributed by atoms with Gasteiger partial charge in [-0.15, -0.1) is 0 Å². The van der Waals surface area contributed by atoms with E-state index in [9.17, 15) is 26.7 Å². The molecule has 0 saturated carbocycles. The average Bonchev–Trinajstić information content (AvgIpc) is 2.89. The number of halogens is 5. The standard InChI is InChI=1S/C27H32F5N3O2/c1-37-26(36)9-8-19-17-33(18-22-23(28)6-3-7-24(22)29)11-10-25(19)35-14-12-34(13-15-35)21-5-2-4-20(16-21)27(30,31)32/h2-7,16,19,25H,8-15,17-18H2,1H3/t19-,25+/m0/s1. The molecule has 0 radical (unpaired) electrons. The first kappa shape index (κ1) is 27.3. The van der Waals surface area contributed by atoms with Crippen molar-refractivity contribution in [2.75, 3.05) is 51.3 Å². The summed E-state index contributed by atoms with van der Waals surface area (Å²) in [6, 6.07) is 9.41. The van der Waals surface area contributed by atoms with Crippen molar-refractivity contribution in [2.24, 2.45) is 5.92 Å². The van der Waals surface area contributed by atoms with E-state index in [2.05, 4.69) is 4.90 Å². The maximum atomic E-state index is 14.2. The Hall–Kier alpha value is -2.72. The van der Waals surface area contributed by atoms with E-state index < -0.39 is 23.4 Å². The van der Waals surface area contributed by atoms with Crippen molar-refractivity contribution in [3.63, 3.8) is 0 Å². The summed E-state index contributed by atoms with van der Waals surface area (Å²) in [6.07, 6.45) is -2.78. The molecule has 202 valence electrons. The predicted octanol–water partition coefficient (Wildman–Crippen LogP) is 4.95. The highest BCUT2D eigenvalue weighted by Crippen LogP contribution is 2.33. The van der Waals surface area contributed by atoms with Gasteiger partial charge in [0.05, 0.1) is 12.7 Å². The minimum atomic E-state index is -4.38. The molecule has 0 amide bonds. The summed E-state index contributed by atoms with van der Waals surface area (Å²) in [5.74, 6) is -1.36. The van der Waals surface area contributed by atoms with Crippen LogP contribution >= 0.6 is 0 Å². The molecule has 0 unspecified atom stereocenters. The second kappa shape index (κ2) is 11.8. The molecule has 0 N–H and O–H groups in total. The quantitative estimate of drug-likeness (QED) is 0.378. The number of likely N-dealkylation sites (tertiary alicyclic amines) is 1. The fourth-order valence-electron chi connectivity index (χ4n) is 5.51. The molecule has 2 saturated heterocycles. The van der Waals surface area contributed by atoms with E-state index in [0.717, 1.165) is 12.5 Å². The van der Waals surface area contributed by atoms with Gasteiger partial charge in [-0.2, -0.15) is 13.2 Å². The van der Waals surface area contributed by atoms with Crippen molar-refractivity contribution >= 4 is 11.7 Å². The molecule has 4 rings (SSSR count). The van der Waals surface area contributed by atoms with Crippen LogP contribution in [0.3, 0.4) is 0 Å². The number of benzene rings is 2. The van der Waals surface area contributed by atoms with Crippen LogP contribution in [0, 0.1) is 17.6 Å². The molecule has 0 aliphatic carbocycles. The minimum absolute atomic E-state index is 0.0439. The van der Waals surface area contributed by atoms with Crippen LogP contribution in [0.4, 0.5) is 27.6 Å². The number of alkyl halides is 3. The number of hydrogen-bond donors (Lipinski definition) is 0. The van der Waals surface area contributed by atoms with Crippen LogP contribution < -0.4 is 4.90 Å². The van der Waals surface area contributed by atoms with Crippen LogP contribution in [0.1, 0.15) is 30.4 Å². The van der Waals surface area contributed by atoms with Gasteiger partial charge in [-0.05, 0) is 49.1 Å². The molecule has 2 aromatic carbocycles. The number of nitrogens with zero attached hydrogens (tertiary/aromatic N) is 3. The fraction of sp³-hybridized carbons (Fsp3) is 0.519. The SMILES string of the molecule is COC(=O)CC[C@H]1CN(Cc2c(F)cccc2F)CC[C@H]1N1CCN(c2cccc(C(F)(F)F)c2)CC1. The van der Waals surface area contributed by atoms with Gasteiger partial charge in [-0.25, -0.2) is 8.78 Å². The Labute approximate surface area is 213 Å². The Balaban J connectivity index is 1.41. The smallest absolute Gasteiger partial charge is 0.416 e. The molecule has 2 aromatic rings. The van der Waals surface area contributed by atoms with Gasteiger partial charge >= 0.3 is 12.1 Å². The van der Waals surface area contributed by atoms with Crippen LogP contribution in [0.2, 0.25) is 0 Å². The molecule has 0 aromatic heterocycles. The third kappa shape index (κ3) is 6.78. The number of anilines is 1. The molecule has 2 aliphatic heterocycles. The predicted molar refractivity (Wildman–Crippen MR) is 130 cm³/mol. The molecular weight excluding hydrogens is 493 g/mol. The molecule has 37 heavy (non-hydrogen) atoms. The van der Waals surface area contributed by atoms with Crippen LogP contribution in [0.5, 0.6) is 0 Å². The molecule has 2 aliphatic rings. The highest BCUT2D eigenvalue weighted by molar-refractivity contribution is 5.69. The van der Waals surface area contributed by atoms with Crippen LogP contribution in [0.15, 0.2) is 42.5 Å². The largest absolute Gasteiger partial charge is 0.469 e. The average molecular weight is 526 g/mol. The maximum Gasteiger partial charge on any atom is 0.416 e. The van der Waals surface area contributed by atoms with Gasteiger partial charge in [0.15, 0.2) is 0 Å². The number of carbonyl (C=O) groups excluding carboxylic acids is 1. The Morgan fingerprint density at radius 1 is 1.00 bits per heavy atom. The maximum absolute atomic E-state index is 14.2. The van der Waals surface area contributed by atoms with Gasteiger partial charge in [0, 0.05) is 69.5 Å². The number of rotatable bonds is 7. The van der Waals surface area contributed by atoms with E-state index in [1.54, 1.807) is 6.07 Å². The van der Waals surface area contributed by atoms with E-state index in [1.807, 2.05) is 9.80 Å². The summed E-state index contributed by atoms with van der Waals surface area (Å²) >= 11 is 0. The van der Waals surface area contributed by atoms with E-state index in [-0.39, 0.29) is 36.5 Å². The Morgan fingerprint density at radius 3 is 2.32 bits per heavy atom. The summed E-state index contributed by atoms with van der Waals surface area (Å²) < 4.78 is 72.7. The van der Waals surface area contributed by atoms with Gasteiger partial charge in [0.25, 0.3) is 0 Å². The topological polar surface area (TPSA) is 36.0 Å². The van der Waals surface area contributed by atoms with Crippen LogP contribution in [-0.2, 0) is 22.3 Å². The number of piperazine rings is 1. The first-order chi connectivity index (χ1) is 17.7. The molecule has 0 spiro atoms. The lowest BCUT2D eigenvalue weighted by Crippen LogP contribution is -2.56. The summed E-state index contributed by atoms with van der Waals surface area (Å²) in [5, 5.41) is 0. The third-order valence-electron chi connectivity index (χ3n) is 7.49. The number of carbonyl (C=O) groups is 1. The zero-order chi connectivity index (χ0) is 26.6. The van der Waals surface area contributed by atoms with E-state index in [4.69, 9.17) is 4.74 Å². The lowest BCUT2D eigenvalue weighted by molar-refractivity contribution is -0.141. The number of hydrogen-bond acceptors (Lipinski definition) is 5. The summed E-state index contributed by atoms with van der Waals surface area (Å²) in [6.45, 7) is 3.93. The second-order valence-corrected chi connectivity index (χ2v) is 9.74. The Bertz CT molecular complexity index is 1050. The van der Waals surface area contributed by atoms with Gasteiger partial charge < -0.3 is 9.64 Å². The zero-order valence-electron chi connectivity index (χ0n) is 20.8. The summed E-state index contributed by atoms with van der Waals surface area (Å²) in [4.78, 5) is 18.2. The minimum Gasteiger partial charge on any atom is -0.469 e. The van der Waals surface area contributed by atoms with E-state index in [1.165, 1.54) is 37.4 Å². The second-order valence-electron chi connectivity index (χ2n) is 9.74. The molecule has 2 atom stereocenters. The molecule has 5 nitrogen and oxygen atoms in total. The van der Waals surface area contributed by atoms with Crippen LogP contribution in [-0.4, -0.2) is 68.2 Å². The number of ether oxygens (including phenoxy) is 1. The lowest BCUT2D eigenvalue weighted by Gasteiger charge is -2.47. The summed E-state index contributed by atoms with van der Waals surface area (Å²) in [7, 11) is 1.35. The fourth-order valence-corrected chi connectivity index (χ4v) is 5.51. The van der Waals surface area contributed by atoms with Gasteiger partial charge in [-0.1, -0.05) is 12.1 Å². The molecular formula is C27H32F5N3O2. The van der Waals surface area contributed by atoms with Crippen molar-refractivity contribution in [1.82, 2.24) is 9.80 Å². The molecule has 0 bridgehead atoms. The van der Waals surface area contributed by atoms with Crippen LogP contribution in [0.25, 0.3) is 0 Å². The number of piperidine rings is 1. The first-order valence-corrected chi connectivity index (χ1v) is 12.5. The third-order valence-corrected chi connectivity index (χ3v) is 7.49. The van der Waals surface area contributed by atoms with Crippen molar-refractivity contribution < 1.29 is 31.5 Å². The monoisotopic (exact) mass is 525 g/mol.